The van der Waals surface area contributed by atoms with Crippen LogP contribution in [0.25, 0.3) is 0 Å². The van der Waals surface area contributed by atoms with E-state index in [4.69, 9.17) is 10.2 Å². The van der Waals surface area contributed by atoms with Crippen molar-refractivity contribution in [3.8, 4) is 5.75 Å². The quantitative estimate of drug-likeness (QED) is 0.832. The van der Waals surface area contributed by atoms with Gasteiger partial charge in [-0.2, -0.15) is 0 Å². The lowest BCUT2D eigenvalue weighted by molar-refractivity contribution is -0.136. The zero-order valence-electron chi connectivity index (χ0n) is 9.08. The molecule has 2 rings (SSSR count). The van der Waals surface area contributed by atoms with Crippen molar-refractivity contribution in [2.24, 2.45) is 0 Å². The van der Waals surface area contributed by atoms with E-state index >= 15 is 0 Å². The number of benzene rings is 1. The SMILES string of the molecule is O=C(O)Cc1nccn1Cc1ccc(O)cc1. The molecule has 1 aromatic heterocycles. The van der Waals surface area contributed by atoms with Crippen LogP contribution in [0.1, 0.15) is 11.4 Å². The number of hydrogen-bond acceptors (Lipinski definition) is 3. The van der Waals surface area contributed by atoms with Gasteiger partial charge in [-0.1, -0.05) is 12.1 Å². The van der Waals surface area contributed by atoms with Gasteiger partial charge in [0, 0.05) is 18.9 Å². The molecule has 1 heterocycles. The maximum atomic E-state index is 10.6. The van der Waals surface area contributed by atoms with E-state index in [2.05, 4.69) is 4.98 Å². The van der Waals surface area contributed by atoms with Crippen LogP contribution in [0.3, 0.4) is 0 Å². The number of nitrogens with zero attached hydrogens (tertiary/aromatic N) is 2. The fraction of sp³-hybridized carbons (Fsp3) is 0.167. The van der Waals surface area contributed by atoms with E-state index in [0.717, 1.165) is 5.56 Å². The topological polar surface area (TPSA) is 75.3 Å². The third kappa shape index (κ3) is 2.84. The Balaban J connectivity index is 2.15. The van der Waals surface area contributed by atoms with Crippen molar-refractivity contribution in [2.75, 3.05) is 0 Å². The molecule has 0 unspecified atom stereocenters. The van der Waals surface area contributed by atoms with Crippen LogP contribution in [0.4, 0.5) is 0 Å². The second kappa shape index (κ2) is 4.69. The number of hydrogen-bond donors (Lipinski definition) is 2. The number of aliphatic carboxylic acids is 1. The van der Waals surface area contributed by atoms with Crippen LogP contribution in [-0.2, 0) is 17.8 Å². The minimum absolute atomic E-state index is 0.0922. The highest BCUT2D eigenvalue weighted by atomic mass is 16.4. The number of phenolic OH excluding ortho intramolecular Hbond substituents is 1. The van der Waals surface area contributed by atoms with Crippen LogP contribution in [-0.4, -0.2) is 25.7 Å². The van der Waals surface area contributed by atoms with Gasteiger partial charge in [0.1, 0.15) is 18.0 Å². The molecule has 0 radical (unpaired) electrons. The van der Waals surface area contributed by atoms with Gasteiger partial charge in [-0.3, -0.25) is 4.79 Å². The van der Waals surface area contributed by atoms with Crippen molar-refractivity contribution < 1.29 is 15.0 Å². The van der Waals surface area contributed by atoms with Gasteiger partial charge in [-0.15, -0.1) is 0 Å². The van der Waals surface area contributed by atoms with E-state index in [1.54, 1.807) is 41.2 Å². The van der Waals surface area contributed by atoms with Gasteiger partial charge >= 0.3 is 5.97 Å². The highest BCUT2D eigenvalue weighted by Gasteiger charge is 2.07. The number of carbonyl (C=O) groups is 1. The van der Waals surface area contributed by atoms with E-state index in [-0.39, 0.29) is 12.2 Å². The summed E-state index contributed by atoms with van der Waals surface area (Å²) < 4.78 is 1.78. The average Bonchev–Trinajstić information content (AvgIpc) is 2.68. The zero-order chi connectivity index (χ0) is 12.3. The summed E-state index contributed by atoms with van der Waals surface area (Å²) in [4.78, 5) is 14.6. The lowest BCUT2D eigenvalue weighted by Gasteiger charge is -2.06. The zero-order valence-corrected chi connectivity index (χ0v) is 9.08. The minimum Gasteiger partial charge on any atom is -0.508 e. The predicted octanol–water partition coefficient (Wildman–Crippen LogP) is 1.26. The van der Waals surface area contributed by atoms with E-state index in [9.17, 15) is 4.79 Å². The number of carboxylic acids is 1. The predicted molar refractivity (Wildman–Crippen MR) is 60.8 cm³/mol. The van der Waals surface area contributed by atoms with Gasteiger partial charge in [-0.25, -0.2) is 4.98 Å². The maximum absolute atomic E-state index is 10.6. The van der Waals surface area contributed by atoms with Crippen LogP contribution in [0, 0.1) is 0 Å². The number of carboxylic acid groups (broad SMARTS) is 1. The van der Waals surface area contributed by atoms with Crippen molar-refractivity contribution >= 4 is 5.97 Å². The number of phenols is 1. The van der Waals surface area contributed by atoms with Gasteiger partial charge in [0.25, 0.3) is 0 Å². The van der Waals surface area contributed by atoms with Crippen molar-refractivity contribution in [1.29, 1.82) is 0 Å². The highest BCUT2D eigenvalue weighted by molar-refractivity contribution is 5.69. The maximum Gasteiger partial charge on any atom is 0.311 e. The van der Waals surface area contributed by atoms with Gasteiger partial charge in [0.05, 0.1) is 0 Å². The van der Waals surface area contributed by atoms with Crippen LogP contribution < -0.4 is 0 Å². The first-order chi connectivity index (χ1) is 8.15. The van der Waals surface area contributed by atoms with Gasteiger partial charge in [-0.05, 0) is 17.7 Å². The molecule has 2 aromatic rings. The second-order valence-electron chi connectivity index (χ2n) is 3.71. The molecule has 5 nitrogen and oxygen atoms in total. The molecule has 0 amide bonds. The summed E-state index contributed by atoms with van der Waals surface area (Å²) in [6.07, 6.45) is 3.23. The van der Waals surface area contributed by atoms with Crippen LogP contribution >= 0.6 is 0 Å². The van der Waals surface area contributed by atoms with Crippen LogP contribution in [0.2, 0.25) is 0 Å². The summed E-state index contributed by atoms with van der Waals surface area (Å²) in [6.45, 7) is 0.545. The highest BCUT2D eigenvalue weighted by Crippen LogP contribution is 2.11. The normalized spacial score (nSPS) is 10.4. The molecule has 0 saturated heterocycles. The lowest BCUT2D eigenvalue weighted by atomic mass is 10.2. The average molecular weight is 232 g/mol. The molecule has 17 heavy (non-hydrogen) atoms. The number of aromatic nitrogens is 2. The summed E-state index contributed by atoms with van der Waals surface area (Å²) in [5, 5.41) is 17.9. The molecule has 2 N–H and O–H groups in total. The fourth-order valence-corrected chi connectivity index (χ4v) is 1.58. The first-order valence-electron chi connectivity index (χ1n) is 5.15. The molecular weight excluding hydrogens is 220 g/mol. The molecule has 5 heteroatoms. The van der Waals surface area contributed by atoms with Crippen molar-refractivity contribution in [3.05, 3.63) is 48.0 Å². The molecule has 1 aromatic carbocycles. The van der Waals surface area contributed by atoms with E-state index < -0.39 is 5.97 Å². The second-order valence-corrected chi connectivity index (χ2v) is 3.71. The summed E-state index contributed by atoms with van der Waals surface area (Å²) in [7, 11) is 0. The Morgan fingerprint density at radius 1 is 1.29 bits per heavy atom. The molecule has 88 valence electrons. The summed E-state index contributed by atoms with van der Waals surface area (Å²) in [6, 6.07) is 6.78. The first-order valence-corrected chi connectivity index (χ1v) is 5.15. The molecule has 0 saturated carbocycles. The van der Waals surface area contributed by atoms with E-state index in [1.807, 2.05) is 0 Å². The number of rotatable bonds is 4. The van der Waals surface area contributed by atoms with Gasteiger partial charge in [0.15, 0.2) is 0 Å². The Morgan fingerprint density at radius 3 is 2.65 bits per heavy atom. The molecule has 0 bridgehead atoms. The number of imidazole rings is 1. The van der Waals surface area contributed by atoms with E-state index in [0.29, 0.717) is 12.4 Å². The fourth-order valence-electron chi connectivity index (χ4n) is 1.58. The minimum atomic E-state index is -0.900. The third-order valence-electron chi connectivity index (χ3n) is 2.40. The summed E-state index contributed by atoms with van der Waals surface area (Å²) >= 11 is 0. The van der Waals surface area contributed by atoms with E-state index in [1.165, 1.54) is 0 Å². The van der Waals surface area contributed by atoms with Crippen molar-refractivity contribution in [1.82, 2.24) is 9.55 Å². The molecule has 0 atom stereocenters. The monoisotopic (exact) mass is 232 g/mol. The molecule has 0 aliphatic rings. The van der Waals surface area contributed by atoms with Gasteiger partial charge in [0.2, 0.25) is 0 Å². The summed E-state index contributed by atoms with van der Waals surface area (Å²) in [5.41, 5.74) is 0.979. The standard InChI is InChI=1S/C12H12N2O3/c15-10-3-1-9(2-4-10)8-14-6-5-13-11(14)7-12(16)17/h1-6,15H,7-8H2,(H,16,17). The van der Waals surface area contributed by atoms with Gasteiger partial charge < -0.3 is 14.8 Å². The molecule has 0 aliphatic carbocycles. The molecule has 0 aliphatic heterocycles. The van der Waals surface area contributed by atoms with Crippen LogP contribution in [0.5, 0.6) is 5.75 Å². The largest absolute Gasteiger partial charge is 0.508 e. The third-order valence-corrected chi connectivity index (χ3v) is 2.40. The molecular formula is C12H12N2O3. The Morgan fingerprint density at radius 2 is 2.00 bits per heavy atom. The van der Waals surface area contributed by atoms with Crippen molar-refractivity contribution in [3.63, 3.8) is 0 Å². The van der Waals surface area contributed by atoms with Crippen LogP contribution in [0.15, 0.2) is 36.7 Å². The van der Waals surface area contributed by atoms with Crippen molar-refractivity contribution in [2.45, 2.75) is 13.0 Å². The molecule has 0 spiro atoms. The summed E-state index contributed by atoms with van der Waals surface area (Å²) in [5.74, 6) is -0.168. The lowest BCUT2D eigenvalue weighted by Crippen LogP contribution is -2.09. The Kier molecular flexibility index (Phi) is 3.09. The molecule has 0 fully saturated rings. The Labute approximate surface area is 98.0 Å². The smallest absolute Gasteiger partial charge is 0.311 e. The number of aromatic hydroxyl groups is 1. The first kappa shape index (κ1) is 11.2. The Bertz CT molecular complexity index is 517. The Hall–Kier alpha value is -2.30.